The average molecular weight is 319 g/mol. The fraction of sp³-hybridized carbons (Fsp3) is 0.167. The predicted molar refractivity (Wildman–Crippen MR) is 90.6 cm³/mol. The summed E-state index contributed by atoms with van der Waals surface area (Å²) >= 11 is 0. The molecule has 2 heterocycles. The van der Waals surface area contributed by atoms with E-state index in [0.717, 1.165) is 17.9 Å². The number of fused-ring (bicyclic) bond motifs is 1. The van der Waals surface area contributed by atoms with Crippen LogP contribution in [0.3, 0.4) is 0 Å². The summed E-state index contributed by atoms with van der Waals surface area (Å²) in [5.74, 6) is -0.00916. The molecule has 1 amide bonds. The summed E-state index contributed by atoms with van der Waals surface area (Å²) in [7, 11) is 0. The van der Waals surface area contributed by atoms with Gasteiger partial charge in [0, 0.05) is 24.7 Å². The Labute approximate surface area is 139 Å². The second kappa shape index (κ2) is 6.25. The van der Waals surface area contributed by atoms with Gasteiger partial charge in [-0.1, -0.05) is 30.3 Å². The molecule has 0 bridgehead atoms. The minimum absolute atomic E-state index is 0.00916. The first-order valence-corrected chi connectivity index (χ1v) is 7.86. The zero-order valence-electron chi connectivity index (χ0n) is 13.0. The van der Waals surface area contributed by atoms with E-state index in [1.165, 1.54) is 11.1 Å². The normalized spacial score (nSPS) is 15.9. The van der Waals surface area contributed by atoms with E-state index in [2.05, 4.69) is 33.0 Å². The fourth-order valence-corrected chi connectivity index (χ4v) is 3.04. The standard InChI is InChI=1S/C18H17N5O/c24-18(9-17-16-7-2-1-4-13(16)10-19-17)22-14-5-3-6-15(8-14)23-11-20-21-12-23/h1-8,11-12,17,19H,9-10H2,(H,22,24). The number of rotatable bonds is 4. The van der Waals surface area contributed by atoms with Crippen LogP contribution in [0.25, 0.3) is 5.69 Å². The molecule has 1 atom stereocenters. The number of nitrogens with zero attached hydrogens (tertiary/aromatic N) is 3. The highest BCUT2D eigenvalue weighted by Crippen LogP contribution is 2.27. The molecule has 2 N–H and O–H groups in total. The first-order valence-electron chi connectivity index (χ1n) is 7.86. The monoisotopic (exact) mass is 319 g/mol. The number of benzene rings is 2. The number of nitrogens with one attached hydrogen (secondary N) is 2. The van der Waals surface area contributed by atoms with E-state index in [-0.39, 0.29) is 11.9 Å². The summed E-state index contributed by atoms with van der Waals surface area (Å²) in [5.41, 5.74) is 4.15. The molecule has 0 radical (unpaired) electrons. The molecule has 1 unspecified atom stereocenters. The lowest BCUT2D eigenvalue weighted by Gasteiger charge is -2.13. The van der Waals surface area contributed by atoms with E-state index >= 15 is 0 Å². The quantitative estimate of drug-likeness (QED) is 0.775. The van der Waals surface area contributed by atoms with Crippen molar-refractivity contribution in [2.24, 2.45) is 0 Å². The maximum atomic E-state index is 12.4. The zero-order valence-corrected chi connectivity index (χ0v) is 13.0. The number of carbonyl (C=O) groups excluding carboxylic acids is 1. The van der Waals surface area contributed by atoms with Crippen molar-refractivity contribution in [3.8, 4) is 5.69 Å². The van der Waals surface area contributed by atoms with Crippen molar-refractivity contribution in [2.75, 3.05) is 5.32 Å². The third-order valence-electron chi connectivity index (χ3n) is 4.21. The first kappa shape index (κ1) is 14.6. The van der Waals surface area contributed by atoms with Crippen LogP contribution in [0.4, 0.5) is 5.69 Å². The van der Waals surface area contributed by atoms with E-state index < -0.39 is 0 Å². The Morgan fingerprint density at radius 2 is 2.00 bits per heavy atom. The molecule has 0 spiro atoms. The molecule has 120 valence electrons. The Bertz CT molecular complexity index is 859. The van der Waals surface area contributed by atoms with Gasteiger partial charge in [0.05, 0.1) is 5.69 Å². The lowest BCUT2D eigenvalue weighted by molar-refractivity contribution is -0.116. The van der Waals surface area contributed by atoms with Gasteiger partial charge in [0.1, 0.15) is 12.7 Å². The molecule has 3 aromatic rings. The molecule has 0 saturated carbocycles. The van der Waals surface area contributed by atoms with E-state index in [1.807, 2.05) is 36.4 Å². The topological polar surface area (TPSA) is 71.8 Å². The molecule has 1 aromatic heterocycles. The van der Waals surface area contributed by atoms with Crippen molar-refractivity contribution < 1.29 is 4.79 Å². The number of hydrogen-bond acceptors (Lipinski definition) is 4. The summed E-state index contributed by atoms with van der Waals surface area (Å²) in [6.45, 7) is 0.817. The average Bonchev–Trinajstić information content (AvgIpc) is 3.26. The highest BCUT2D eigenvalue weighted by atomic mass is 16.1. The minimum Gasteiger partial charge on any atom is -0.326 e. The van der Waals surface area contributed by atoms with Crippen LogP contribution in [0, 0.1) is 0 Å². The van der Waals surface area contributed by atoms with Gasteiger partial charge in [-0.2, -0.15) is 0 Å². The van der Waals surface area contributed by atoms with Gasteiger partial charge in [0.2, 0.25) is 5.91 Å². The molecule has 0 fully saturated rings. The maximum absolute atomic E-state index is 12.4. The van der Waals surface area contributed by atoms with Gasteiger partial charge in [-0.25, -0.2) is 0 Å². The molecule has 4 rings (SSSR count). The minimum atomic E-state index is -0.00916. The second-order valence-electron chi connectivity index (χ2n) is 5.80. The highest BCUT2D eigenvalue weighted by molar-refractivity contribution is 5.91. The van der Waals surface area contributed by atoms with Crippen LogP contribution in [0.15, 0.2) is 61.2 Å². The number of hydrogen-bond donors (Lipinski definition) is 2. The Hall–Kier alpha value is -2.99. The van der Waals surface area contributed by atoms with Gasteiger partial charge in [0.15, 0.2) is 0 Å². The maximum Gasteiger partial charge on any atom is 0.226 e. The van der Waals surface area contributed by atoms with Gasteiger partial charge in [-0.05, 0) is 29.3 Å². The van der Waals surface area contributed by atoms with Crippen molar-refractivity contribution in [3.05, 3.63) is 72.3 Å². The predicted octanol–water partition coefficient (Wildman–Crippen LogP) is 2.44. The van der Waals surface area contributed by atoms with Crippen LogP contribution in [0.5, 0.6) is 0 Å². The van der Waals surface area contributed by atoms with Crippen LogP contribution < -0.4 is 10.6 Å². The van der Waals surface area contributed by atoms with Gasteiger partial charge < -0.3 is 10.6 Å². The van der Waals surface area contributed by atoms with Crippen molar-refractivity contribution in [3.63, 3.8) is 0 Å². The van der Waals surface area contributed by atoms with Gasteiger partial charge in [-0.15, -0.1) is 10.2 Å². The molecule has 6 nitrogen and oxygen atoms in total. The summed E-state index contributed by atoms with van der Waals surface area (Å²) in [5, 5.41) is 14.0. The van der Waals surface area contributed by atoms with Crippen LogP contribution in [0.2, 0.25) is 0 Å². The third-order valence-corrected chi connectivity index (χ3v) is 4.21. The second-order valence-corrected chi connectivity index (χ2v) is 5.80. The molecule has 2 aromatic carbocycles. The number of aromatic nitrogens is 3. The third kappa shape index (κ3) is 2.91. The lowest BCUT2D eigenvalue weighted by Crippen LogP contribution is -2.21. The van der Waals surface area contributed by atoms with Crippen molar-refractivity contribution >= 4 is 11.6 Å². The summed E-state index contributed by atoms with van der Waals surface area (Å²) < 4.78 is 1.80. The van der Waals surface area contributed by atoms with E-state index in [9.17, 15) is 4.79 Å². The molecule has 1 aliphatic rings. The summed E-state index contributed by atoms with van der Waals surface area (Å²) in [6.07, 6.45) is 3.66. The smallest absolute Gasteiger partial charge is 0.226 e. The van der Waals surface area contributed by atoms with E-state index in [1.54, 1.807) is 17.2 Å². The van der Waals surface area contributed by atoms with E-state index in [4.69, 9.17) is 0 Å². The van der Waals surface area contributed by atoms with Crippen molar-refractivity contribution in [1.29, 1.82) is 0 Å². The highest BCUT2D eigenvalue weighted by Gasteiger charge is 2.23. The zero-order chi connectivity index (χ0) is 16.4. The van der Waals surface area contributed by atoms with Gasteiger partial charge >= 0.3 is 0 Å². The fourth-order valence-electron chi connectivity index (χ4n) is 3.04. The van der Waals surface area contributed by atoms with Crippen molar-refractivity contribution in [2.45, 2.75) is 19.0 Å². The molecule has 6 heteroatoms. The summed E-state index contributed by atoms with van der Waals surface area (Å²) in [4.78, 5) is 12.4. The number of anilines is 1. The van der Waals surface area contributed by atoms with Crippen molar-refractivity contribution in [1.82, 2.24) is 20.1 Å². The van der Waals surface area contributed by atoms with Crippen LogP contribution in [-0.2, 0) is 11.3 Å². The van der Waals surface area contributed by atoms with Gasteiger partial charge in [0.25, 0.3) is 0 Å². The number of amides is 1. The molecular weight excluding hydrogens is 302 g/mol. The molecule has 0 saturated heterocycles. The van der Waals surface area contributed by atoms with Gasteiger partial charge in [-0.3, -0.25) is 9.36 Å². The molecule has 1 aliphatic heterocycles. The van der Waals surface area contributed by atoms with Crippen LogP contribution >= 0.6 is 0 Å². The van der Waals surface area contributed by atoms with Crippen LogP contribution in [-0.4, -0.2) is 20.7 Å². The summed E-state index contributed by atoms with van der Waals surface area (Å²) in [6, 6.07) is 15.9. The Kier molecular flexibility index (Phi) is 3.80. The molecule has 24 heavy (non-hydrogen) atoms. The lowest BCUT2D eigenvalue weighted by atomic mass is 10.0. The Morgan fingerprint density at radius 1 is 1.17 bits per heavy atom. The SMILES string of the molecule is O=C(CC1NCc2ccccc21)Nc1cccc(-n2cnnc2)c1. The molecule has 0 aliphatic carbocycles. The van der Waals surface area contributed by atoms with Crippen LogP contribution in [0.1, 0.15) is 23.6 Å². The molecular formula is C18H17N5O. The largest absolute Gasteiger partial charge is 0.326 e. The van der Waals surface area contributed by atoms with E-state index in [0.29, 0.717) is 6.42 Å². The number of carbonyl (C=O) groups is 1. The Morgan fingerprint density at radius 3 is 2.88 bits per heavy atom. The first-order chi connectivity index (χ1) is 11.8. The Balaban J connectivity index is 1.45.